The summed E-state index contributed by atoms with van der Waals surface area (Å²) < 4.78 is 42.6. The van der Waals surface area contributed by atoms with Crippen molar-refractivity contribution in [2.24, 2.45) is 4.99 Å². The van der Waals surface area contributed by atoms with Crippen LogP contribution in [0, 0.1) is 0 Å². The Morgan fingerprint density at radius 3 is 2.92 bits per heavy atom. The minimum atomic E-state index is -1.57. The minimum Gasteiger partial charge on any atom is -0.425 e. The molecule has 3 heterocycles. The smallest absolute Gasteiger partial charge is 0.351 e. The number of methoxy groups -OCH3 is 1. The lowest BCUT2D eigenvalue weighted by Gasteiger charge is -2.36. The van der Waals surface area contributed by atoms with Gasteiger partial charge in [0.05, 0.1) is 26.0 Å². The fourth-order valence-electron chi connectivity index (χ4n) is 4.32. The first-order valence-corrected chi connectivity index (χ1v) is 14.3. The molecular weight excluding hydrogens is 513 g/mol. The van der Waals surface area contributed by atoms with Crippen LogP contribution in [0.5, 0.6) is 0 Å². The molecule has 10 nitrogen and oxygen atoms in total. The number of ether oxygens (including phenoxy) is 2. The van der Waals surface area contributed by atoms with E-state index in [1.54, 1.807) is 6.20 Å². The monoisotopic (exact) mass is 552 g/mol. The quantitative estimate of drug-likeness (QED) is 0.196. The average molecular weight is 553 g/mol. The largest absolute Gasteiger partial charge is 0.425 e. The molecule has 12 heteroatoms. The van der Waals surface area contributed by atoms with Crippen LogP contribution in [0.2, 0.25) is 0 Å². The fraction of sp³-hybridized carbons (Fsp3) is 0.560. The number of para-hydroxylation sites is 1. The van der Waals surface area contributed by atoms with Crippen molar-refractivity contribution in [2.75, 3.05) is 25.5 Å². The fourth-order valence-corrected chi connectivity index (χ4v) is 6.92. The van der Waals surface area contributed by atoms with E-state index in [-0.39, 0.29) is 18.7 Å². The lowest BCUT2D eigenvalue weighted by atomic mass is 10.2. The number of nitrogens with zero attached hydrogens (tertiary/aromatic N) is 4. The standard InChI is InChI=1S/C25H36N5O5PS/c1-7-26-15-33-36(30(16(2)3)17(4)5)35-19-12-23(34-20(19)14-32-6)29-13-22-24(28-25(29)31)27-18-10-8-9-11-21(18)37-22/h8-11,13,15-17,19-20,23H,7,12,14H2,1-6H3,(H,27,28,31)/t19-,20-,23-,36?/m1/s1/i6TD/t6?,19-,20-,23-,36?. The molecule has 5 atom stereocenters. The number of aliphatic imine (C=N–C) groups is 1. The highest BCUT2D eigenvalue weighted by Crippen LogP contribution is 2.49. The maximum atomic E-state index is 13.1. The third kappa shape index (κ3) is 6.53. The number of rotatable bonds is 11. The van der Waals surface area contributed by atoms with Crippen molar-refractivity contribution >= 4 is 38.2 Å². The first-order valence-electron chi connectivity index (χ1n) is 13.5. The zero-order chi connectivity index (χ0) is 28.1. The van der Waals surface area contributed by atoms with Gasteiger partial charge < -0.3 is 23.8 Å². The Kier molecular flexibility index (Phi) is 8.67. The summed E-state index contributed by atoms with van der Waals surface area (Å²) in [6.45, 7) is 10.7. The summed E-state index contributed by atoms with van der Waals surface area (Å²) in [5.41, 5.74) is 0.451. The van der Waals surface area contributed by atoms with Gasteiger partial charge in [0.25, 0.3) is 0 Å². The molecule has 4 rings (SSSR count). The van der Waals surface area contributed by atoms with E-state index >= 15 is 0 Å². The molecule has 0 radical (unpaired) electrons. The third-order valence-electron chi connectivity index (χ3n) is 5.90. The predicted octanol–water partition coefficient (Wildman–Crippen LogP) is 5.18. The van der Waals surface area contributed by atoms with E-state index in [1.165, 1.54) is 22.7 Å². The van der Waals surface area contributed by atoms with Crippen LogP contribution in [0.1, 0.15) is 50.0 Å². The number of fused-ring (bicyclic) bond motifs is 2. The van der Waals surface area contributed by atoms with Gasteiger partial charge in [0.2, 0.25) is 0 Å². The molecule has 0 bridgehead atoms. The van der Waals surface area contributed by atoms with Crippen molar-refractivity contribution in [1.82, 2.24) is 14.2 Å². The van der Waals surface area contributed by atoms with Gasteiger partial charge >= 0.3 is 14.2 Å². The molecule has 1 aromatic heterocycles. The van der Waals surface area contributed by atoms with Crippen LogP contribution in [-0.4, -0.2) is 65.1 Å². The Labute approximate surface area is 226 Å². The second kappa shape index (κ2) is 12.7. The summed E-state index contributed by atoms with van der Waals surface area (Å²) in [6, 6.07) is 8.10. The van der Waals surface area contributed by atoms with E-state index in [9.17, 15) is 4.79 Å². The zero-order valence-electron chi connectivity index (χ0n) is 23.7. The Hall–Kier alpha value is -2.01. The summed E-state index contributed by atoms with van der Waals surface area (Å²) in [5.74, 6) is 0.508. The van der Waals surface area contributed by atoms with Gasteiger partial charge in [0.15, 0.2) is 12.2 Å². The van der Waals surface area contributed by atoms with Crippen LogP contribution < -0.4 is 11.0 Å². The van der Waals surface area contributed by atoms with Crippen molar-refractivity contribution in [1.29, 1.82) is 0 Å². The molecule has 1 N–H and O–H groups in total. The Morgan fingerprint density at radius 2 is 2.19 bits per heavy atom. The molecule has 37 heavy (non-hydrogen) atoms. The van der Waals surface area contributed by atoms with Crippen LogP contribution >= 0.6 is 20.3 Å². The van der Waals surface area contributed by atoms with Crippen molar-refractivity contribution < 1.29 is 21.3 Å². The molecule has 0 aliphatic carbocycles. The van der Waals surface area contributed by atoms with Gasteiger partial charge in [0.1, 0.15) is 12.3 Å². The maximum absolute atomic E-state index is 13.1. The van der Waals surface area contributed by atoms with Crippen molar-refractivity contribution in [2.45, 2.75) is 81.3 Å². The summed E-state index contributed by atoms with van der Waals surface area (Å²) in [6.07, 6.45) is 1.69. The first-order chi connectivity index (χ1) is 18.7. The van der Waals surface area contributed by atoms with Gasteiger partial charge in [-0.05, 0) is 46.8 Å². The minimum absolute atomic E-state index is 0.0365. The zero-order valence-corrected chi connectivity index (χ0v) is 23.4. The van der Waals surface area contributed by atoms with E-state index < -0.39 is 39.7 Å². The molecular formula is C25H36N5O5PS. The van der Waals surface area contributed by atoms with Gasteiger partial charge in [-0.3, -0.25) is 9.56 Å². The summed E-state index contributed by atoms with van der Waals surface area (Å²) in [5, 5.41) is 3.23. The molecule has 2 aromatic rings. The van der Waals surface area contributed by atoms with Crippen LogP contribution in [0.15, 0.2) is 50.0 Å². The van der Waals surface area contributed by atoms with Gasteiger partial charge in [-0.15, -0.1) is 0 Å². The van der Waals surface area contributed by atoms with Crippen LogP contribution in [0.4, 0.5) is 11.5 Å². The molecule has 1 aromatic carbocycles. The lowest BCUT2D eigenvalue weighted by molar-refractivity contribution is -0.0520. The normalized spacial score (nSPS) is 23.5. The third-order valence-corrected chi connectivity index (χ3v) is 9.02. The second-order valence-corrected chi connectivity index (χ2v) is 11.7. The highest BCUT2D eigenvalue weighted by atomic mass is 32.2. The summed E-state index contributed by atoms with van der Waals surface area (Å²) in [4.78, 5) is 23.4. The Morgan fingerprint density at radius 1 is 1.41 bits per heavy atom. The molecule has 1 saturated heterocycles. The van der Waals surface area contributed by atoms with E-state index in [0.29, 0.717) is 18.8 Å². The number of nitrogens with one attached hydrogen (secondary N) is 1. The molecule has 0 amide bonds. The van der Waals surface area contributed by atoms with Crippen molar-refractivity contribution in [3.8, 4) is 0 Å². The van der Waals surface area contributed by atoms with Gasteiger partial charge in [-0.1, -0.05) is 23.9 Å². The van der Waals surface area contributed by atoms with E-state index in [2.05, 4.69) is 47.7 Å². The predicted molar refractivity (Wildman–Crippen MR) is 147 cm³/mol. The van der Waals surface area contributed by atoms with E-state index in [1.807, 2.05) is 31.2 Å². The number of hydrogen-bond acceptors (Lipinski definition) is 10. The van der Waals surface area contributed by atoms with Gasteiger partial charge in [-0.25, -0.2) is 9.46 Å². The number of benzene rings is 1. The highest BCUT2D eigenvalue weighted by molar-refractivity contribution is 7.99. The SMILES string of the molecule is [2H]C([3H])OC[C@H]1O[C@@H](n2cc3c(nc2=O)Nc2ccccc2S3)C[C@H]1OP(OC=NCC)N(C(C)C)C(C)C. The van der Waals surface area contributed by atoms with Crippen LogP contribution in [0.25, 0.3) is 0 Å². The number of hydrogen-bond donors (Lipinski definition) is 1. The van der Waals surface area contributed by atoms with Crippen LogP contribution in [0.3, 0.4) is 0 Å². The number of anilines is 2. The molecule has 2 aliphatic heterocycles. The van der Waals surface area contributed by atoms with Crippen LogP contribution in [-0.2, 0) is 18.5 Å². The average Bonchev–Trinajstić information content (AvgIpc) is 3.27. The van der Waals surface area contributed by atoms with Crippen molar-refractivity contribution in [3.63, 3.8) is 0 Å². The second-order valence-electron chi connectivity index (χ2n) is 9.22. The maximum Gasteiger partial charge on any atom is 0.351 e. The first kappa shape index (κ1) is 25.3. The number of aromatic nitrogens is 2. The lowest BCUT2D eigenvalue weighted by Crippen LogP contribution is -2.36. The highest BCUT2D eigenvalue weighted by Gasteiger charge is 2.42. The molecule has 2 aliphatic rings. The Balaban J connectivity index is 1.59. The Bertz CT molecular complexity index is 1200. The van der Waals surface area contributed by atoms with E-state index in [0.717, 1.165) is 15.5 Å². The summed E-state index contributed by atoms with van der Waals surface area (Å²) >= 11 is 1.53. The molecule has 2 unspecified atom stereocenters. The van der Waals surface area contributed by atoms with Gasteiger partial charge in [0, 0.05) is 43.2 Å². The van der Waals surface area contributed by atoms with Crippen molar-refractivity contribution in [3.05, 3.63) is 40.9 Å². The molecule has 0 saturated carbocycles. The van der Waals surface area contributed by atoms with E-state index in [4.69, 9.17) is 21.3 Å². The summed E-state index contributed by atoms with van der Waals surface area (Å²) in [7, 11) is -3.04. The molecule has 0 spiro atoms. The topological polar surface area (TPSA) is 99.4 Å². The van der Waals surface area contributed by atoms with Gasteiger partial charge in [-0.2, -0.15) is 4.98 Å². The molecule has 202 valence electrons. The molecule has 1 fully saturated rings.